The predicted octanol–water partition coefficient (Wildman–Crippen LogP) is 2.47. The number of nitrogens with zero attached hydrogens (tertiary/aromatic N) is 2. The third kappa shape index (κ3) is 1.86. The van der Waals surface area contributed by atoms with E-state index < -0.39 is 0 Å². The Morgan fingerprint density at radius 3 is 2.64 bits per heavy atom. The van der Waals surface area contributed by atoms with Crippen LogP contribution in [0.4, 0.5) is 5.95 Å². The van der Waals surface area contributed by atoms with Gasteiger partial charge in [-0.05, 0) is 24.3 Å². The van der Waals surface area contributed by atoms with Crippen molar-refractivity contribution in [3.8, 4) is 0 Å². The third-order valence-electron chi connectivity index (χ3n) is 3.13. The molecule has 1 unspecified atom stereocenters. The first-order valence-corrected chi connectivity index (χ1v) is 5.22. The van der Waals surface area contributed by atoms with Crippen LogP contribution in [-0.4, -0.2) is 16.0 Å². The maximum atomic E-state index is 4.19. The molecule has 1 aromatic rings. The van der Waals surface area contributed by atoms with E-state index in [1.54, 1.807) is 12.4 Å². The summed E-state index contributed by atoms with van der Waals surface area (Å²) in [6.45, 7) is 4.61. The van der Waals surface area contributed by atoms with Gasteiger partial charge in [0, 0.05) is 18.4 Å². The van der Waals surface area contributed by atoms with Crippen molar-refractivity contribution < 1.29 is 0 Å². The minimum absolute atomic E-state index is 0.374. The first-order valence-electron chi connectivity index (χ1n) is 5.22. The van der Waals surface area contributed by atoms with Gasteiger partial charge in [0.2, 0.25) is 5.95 Å². The number of anilines is 1. The van der Waals surface area contributed by atoms with E-state index in [4.69, 9.17) is 0 Å². The van der Waals surface area contributed by atoms with Crippen molar-refractivity contribution in [2.45, 2.75) is 39.2 Å². The van der Waals surface area contributed by atoms with Gasteiger partial charge in [0.25, 0.3) is 0 Å². The normalized spacial score (nSPS) is 24.9. The highest BCUT2D eigenvalue weighted by Crippen LogP contribution is 2.38. The highest BCUT2D eigenvalue weighted by Gasteiger charge is 2.34. The molecule has 0 bridgehead atoms. The van der Waals surface area contributed by atoms with Crippen LogP contribution in [0, 0.1) is 5.41 Å². The lowest BCUT2D eigenvalue weighted by molar-refractivity contribution is 0.349. The molecular formula is C11H17N3. The van der Waals surface area contributed by atoms with Crippen molar-refractivity contribution in [2.24, 2.45) is 5.41 Å². The summed E-state index contributed by atoms with van der Waals surface area (Å²) in [5, 5.41) is 3.41. The summed E-state index contributed by atoms with van der Waals surface area (Å²) in [5.41, 5.74) is 0.374. The van der Waals surface area contributed by atoms with E-state index in [0.717, 1.165) is 5.95 Å². The molecule has 2 rings (SSSR count). The Bertz CT molecular complexity index is 295. The minimum Gasteiger partial charge on any atom is -0.351 e. The number of nitrogens with one attached hydrogen (secondary N) is 1. The molecule has 1 atom stereocenters. The van der Waals surface area contributed by atoms with Crippen LogP contribution in [0.1, 0.15) is 33.1 Å². The summed E-state index contributed by atoms with van der Waals surface area (Å²) in [6, 6.07) is 2.36. The molecule has 1 fully saturated rings. The Kier molecular flexibility index (Phi) is 2.40. The molecule has 76 valence electrons. The Morgan fingerprint density at radius 1 is 1.36 bits per heavy atom. The molecule has 0 saturated heterocycles. The van der Waals surface area contributed by atoms with Gasteiger partial charge in [0.05, 0.1) is 0 Å². The van der Waals surface area contributed by atoms with Gasteiger partial charge < -0.3 is 5.32 Å². The first-order chi connectivity index (χ1) is 6.68. The largest absolute Gasteiger partial charge is 0.351 e. The molecule has 0 aromatic carbocycles. The summed E-state index contributed by atoms with van der Waals surface area (Å²) in [5.74, 6) is 0.757. The molecule has 1 aromatic heterocycles. The SMILES string of the molecule is CC1(C)CCCC1Nc1ncccn1. The third-order valence-corrected chi connectivity index (χ3v) is 3.13. The van der Waals surface area contributed by atoms with E-state index >= 15 is 0 Å². The van der Waals surface area contributed by atoms with Gasteiger partial charge in [-0.2, -0.15) is 0 Å². The van der Waals surface area contributed by atoms with Gasteiger partial charge in [0.1, 0.15) is 0 Å². The Morgan fingerprint density at radius 2 is 2.07 bits per heavy atom. The standard InChI is InChI=1S/C11H17N3/c1-11(2)6-3-5-9(11)14-10-12-7-4-8-13-10/h4,7-9H,3,5-6H2,1-2H3,(H,12,13,14). The molecule has 3 nitrogen and oxygen atoms in total. The van der Waals surface area contributed by atoms with Crippen molar-refractivity contribution in [1.29, 1.82) is 0 Å². The lowest BCUT2D eigenvalue weighted by atomic mass is 9.87. The van der Waals surface area contributed by atoms with Gasteiger partial charge in [-0.25, -0.2) is 9.97 Å². The molecule has 14 heavy (non-hydrogen) atoms. The lowest BCUT2D eigenvalue weighted by Crippen LogP contribution is -2.31. The number of hydrogen-bond donors (Lipinski definition) is 1. The summed E-state index contributed by atoms with van der Waals surface area (Å²) in [4.78, 5) is 8.37. The second-order valence-corrected chi connectivity index (χ2v) is 4.65. The maximum Gasteiger partial charge on any atom is 0.222 e. The van der Waals surface area contributed by atoms with Crippen molar-refractivity contribution in [2.75, 3.05) is 5.32 Å². The van der Waals surface area contributed by atoms with E-state index in [1.807, 2.05) is 6.07 Å². The van der Waals surface area contributed by atoms with Gasteiger partial charge in [-0.3, -0.25) is 0 Å². The van der Waals surface area contributed by atoms with Crippen LogP contribution >= 0.6 is 0 Å². The van der Waals surface area contributed by atoms with Gasteiger partial charge in [0.15, 0.2) is 0 Å². The molecule has 0 amide bonds. The van der Waals surface area contributed by atoms with Crippen LogP contribution < -0.4 is 5.32 Å². The molecule has 0 spiro atoms. The fourth-order valence-electron chi connectivity index (χ4n) is 2.12. The van der Waals surface area contributed by atoms with Gasteiger partial charge in [-0.15, -0.1) is 0 Å². The van der Waals surface area contributed by atoms with Crippen LogP contribution in [-0.2, 0) is 0 Å². The van der Waals surface area contributed by atoms with E-state index in [2.05, 4.69) is 29.1 Å². The highest BCUT2D eigenvalue weighted by atomic mass is 15.1. The van der Waals surface area contributed by atoms with Crippen LogP contribution in [0.15, 0.2) is 18.5 Å². The molecule has 1 aliphatic rings. The Balaban J connectivity index is 2.05. The topological polar surface area (TPSA) is 37.8 Å². The average molecular weight is 191 g/mol. The van der Waals surface area contributed by atoms with Crippen molar-refractivity contribution in [3.63, 3.8) is 0 Å². The molecule has 0 aliphatic heterocycles. The van der Waals surface area contributed by atoms with Crippen molar-refractivity contribution in [1.82, 2.24) is 9.97 Å². The summed E-state index contributed by atoms with van der Waals surface area (Å²) < 4.78 is 0. The summed E-state index contributed by atoms with van der Waals surface area (Å²) in [7, 11) is 0. The van der Waals surface area contributed by atoms with Gasteiger partial charge in [-0.1, -0.05) is 20.3 Å². The fraction of sp³-hybridized carbons (Fsp3) is 0.636. The van der Waals surface area contributed by atoms with E-state index in [1.165, 1.54) is 19.3 Å². The van der Waals surface area contributed by atoms with Crippen molar-refractivity contribution in [3.05, 3.63) is 18.5 Å². The van der Waals surface area contributed by atoms with Crippen LogP contribution in [0.5, 0.6) is 0 Å². The van der Waals surface area contributed by atoms with Gasteiger partial charge >= 0.3 is 0 Å². The lowest BCUT2D eigenvalue weighted by Gasteiger charge is -2.27. The molecule has 1 heterocycles. The second kappa shape index (κ2) is 3.56. The van der Waals surface area contributed by atoms with Crippen molar-refractivity contribution >= 4 is 5.95 Å². The maximum absolute atomic E-state index is 4.19. The first kappa shape index (κ1) is 9.44. The molecule has 1 saturated carbocycles. The molecule has 1 N–H and O–H groups in total. The fourth-order valence-corrected chi connectivity index (χ4v) is 2.12. The molecule has 3 heteroatoms. The van der Waals surface area contributed by atoms with Crippen LogP contribution in [0.25, 0.3) is 0 Å². The number of rotatable bonds is 2. The zero-order chi connectivity index (χ0) is 10.0. The predicted molar refractivity (Wildman–Crippen MR) is 57.1 cm³/mol. The average Bonchev–Trinajstić information content (AvgIpc) is 2.48. The Labute approximate surface area is 85.0 Å². The van der Waals surface area contributed by atoms with E-state index in [0.29, 0.717) is 11.5 Å². The molecule has 1 aliphatic carbocycles. The number of aromatic nitrogens is 2. The minimum atomic E-state index is 0.374. The molecular weight excluding hydrogens is 174 g/mol. The van der Waals surface area contributed by atoms with Crippen LogP contribution in [0.3, 0.4) is 0 Å². The van der Waals surface area contributed by atoms with Crippen LogP contribution in [0.2, 0.25) is 0 Å². The van der Waals surface area contributed by atoms with E-state index in [9.17, 15) is 0 Å². The monoisotopic (exact) mass is 191 g/mol. The Hall–Kier alpha value is -1.12. The highest BCUT2D eigenvalue weighted by molar-refractivity contribution is 5.26. The smallest absolute Gasteiger partial charge is 0.222 e. The zero-order valence-corrected chi connectivity index (χ0v) is 8.83. The zero-order valence-electron chi connectivity index (χ0n) is 8.83. The quantitative estimate of drug-likeness (QED) is 0.780. The molecule has 0 radical (unpaired) electrons. The number of hydrogen-bond acceptors (Lipinski definition) is 3. The summed E-state index contributed by atoms with van der Waals surface area (Å²) in [6.07, 6.45) is 7.37. The summed E-state index contributed by atoms with van der Waals surface area (Å²) >= 11 is 0. The van der Waals surface area contributed by atoms with E-state index in [-0.39, 0.29) is 0 Å². The second-order valence-electron chi connectivity index (χ2n) is 4.65.